The molecule has 0 aliphatic heterocycles. The first kappa shape index (κ1) is 56.2. The zero-order chi connectivity index (χ0) is 54.6. The number of rotatable bonds is 26. The van der Waals surface area contributed by atoms with Crippen LogP contribution >= 0.6 is 15.1 Å². The fourth-order valence-corrected chi connectivity index (χ4v) is 18.9. The monoisotopic (exact) mass is 1090 g/mol. The van der Waals surface area contributed by atoms with Crippen molar-refractivity contribution in [3.8, 4) is 32.9 Å². The van der Waals surface area contributed by atoms with Crippen LogP contribution in [0.15, 0.2) is 158 Å². The Labute approximate surface area is 484 Å². The second kappa shape index (κ2) is 27.4. The molecular formula is C78H90P2. The van der Waals surface area contributed by atoms with E-state index in [2.05, 4.69) is 185 Å². The normalized spacial score (nSPS) is 12.8. The third kappa shape index (κ3) is 12.7. The van der Waals surface area contributed by atoms with Gasteiger partial charge >= 0.3 is 0 Å². The van der Waals surface area contributed by atoms with Crippen molar-refractivity contribution in [3.63, 3.8) is 0 Å². The van der Waals surface area contributed by atoms with Gasteiger partial charge in [0.1, 0.15) is 0 Å². The maximum atomic E-state index is 2.61. The van der Waals surface area contributed by atoms with Crippen LogP contribution in [-0.2, 0) is 38.5 Å². The van der Waals surface area contributed by atoms with Crippen LogP contribution in [0.3, 0.4) is 0 Å². The Morgan fingerprint density at radius 3 is 0.988 bits per heavy atom. The van der Waals surface area contributed by atoms with Gasteiger partial charge in [0.05, 0.1) is 0 Å². The minimum atomic E-state index is -0.580. The number of hydrogen-bond donors (Lipinski definition) is 0. The summed E-state index contributed by atoms with van der Waals surface area (Å²) in [4.78, 5) is 0. The third-order valence-electron chi connectivity index (χ3n) is 18.1. The molecule has 0 saturated carbocycles. The van der Waals surface area contributed by atoms with Crippen molar-refractivity contribution in [1.82, 2.24) is 0 Å². The molecule has 2 aliphatic carbocycles. The molecule has 80 heavy (non-hydrogen) atoms. The lowest BCUT2D eigenvalue weighted by Gasteiger charge is -2.08. The van der Waals surface area contributed by atoms with Crippen LogP contribution in [-0.4, -0.2) is 0 Å². The predicted molar refractivity (Wildman–Crippen MR) is 357 cm³/mol. The number of benzene rings is 8. The van der Waals surface area contributed by atoms with Crippen molar-refractivity contribution >= 4 is 57.1 Å². The van der Waals surface area contributed by atoms with Gasteiger partial charge in [0.15, 0.2) is 0 Å². The van der Waals surface area contributed by atoms with E-state index in [4.69, 9.17) is 0 Å². The zero-order valence-electron chi connectivity index (χ0n) is 49.3. The molecule has 2 heteroatoms. The molecule has 10 aromatic rings. The smallest absolute Gasteiger partial charge is 0.00751 e. The topological polar surface area (TPSA) is 0 Å². The quantitative estimate of drug-likeness (QED) is 0.0474. The average Bonchev–Trinajstić information content (AvgIpc) is 4.43. The molecule has 0 bridgehead atoms. The minimum Gasteiger partial charge on any atom is -0.0772 e. The minimum absolute atomic E-state index is 0.580. The molecule has 0 N–H and O–H groups in total. The number of aryl methyl sites for hydroxylation is 4. The SMILES string of the molecule is CCCCCCCCc1ccc(-p2c3ccccc3c3cc4c(cc32)c2ccccc2p4-c2ccc(CCCCCCCC)cc2)cc1.CCCCCCc1ccc2c(c1)Cc1cc3c(cc1-2)Cc1cc(CCCCCC)ccc1-3. The van der Waals surface area contributed by atoms with Crippen molar-refractivity contribution in [3.05, 3.63) is 202 Å². The predicted octanol–water partition coefficient (Wildman–Crippen LogP) is 25.1. The van der Waals surface area contributed by atoms with E-state index in [0.29, 0.717) is 0 Å². The van der Waals surface area contributed by atoms with Crippen molar-refractivity contribution in [2.45, 2.75) is 195 Å². The van der Waals surface area contributed by atoms with Crippen LogP contribution in [0.1, 0.15) is 201 Å². The van der Waals surface area contributed by atoms with Crippen LogP contribution in [0.2, 0.25) is 0 Å². The van der Waals surface area contributed by atoms with Crippen LogP contribution in [0, 0.1) is 0 Å². The van der Waals surface area contributed by atoms with E-state index >= 15 is 0 Å². The van der Waals surface area contributed by atoms with E-state index < -0.39 is 15.1 Å². The molecular weight excluding hydrogens is 999 g/mol. The first-order chi connectivity index (χ1) is 39.5. The van der Waals surface area contributed by atoms with Gasteiger partial charge in [0.25, 0.3) is 0 Å². The molecule has 0 spiro atoms. The fourth-order valence-electron chi connectivity index (χ4n) is 13.7. The highest BCUT2D eigenvalue weighted by Gasteiger charge is 2.26. The third-order valence-corrected chi connectivity index (χ3v) is 23.2. The standard InChI is InChI=1S/C46H52P2.C32H38/c1-3-5-7-9-11-13-19-35-25-29-37(30-26-35)47-43-23-17-15-21-39(43)41-34-46-42(33-45(41)47)40-22-16-18-24-44(40)48(46)38-31-27-36(28-32-38)20-14-12-10-8-6-4-2;1-3-5-7-9-11-23-13-15-29-25(17-23)19-27-21-32-28(22-31(27)29)20-26-18-24(14-16-30(26)32)12-10-8-6-4-2/h15-18,21-34H,3-14,19-20H2,1-2H3;13-18,21-22H,3-12,19-20H2,1-2H3. The molecule has 0 radical (unpaired) electrons. The molecule has 2 aliphatic rings. The molecule has 8 aromatic carbocycles. The van der Waals surface area contributed by atoms with Gasteiger partial charge in [-0.25, -0.2) is 0 Å². The summed E-state index contributed by atoms with van der Waals surface area (Å²) in [7, 11) is -1.16. The molecule has 412 valence electrons. The van der Waals surface area contributed by atoms with Crippen molar-refractivity contribution in [2.75, 3.05) is 0 Å². The van der Waals surface area contributed by atoms with Crippen LogP contribution in [0.4, 0.5) is 0 Å². The van der Waals surface area contributed by atoms with Gasteiger partial charge < -0.3 is 0 Å². The van der Waals surface area contributed by atoms with E-state index in [0.717, 1.165) is 12.8 Å². The van der Waals surface area contributed by atoms with Gasteiger partial charge in [-0.2, -0.15) is 0 Å². The molecule has 2 unspecified atom stereocenters. The Balaban J connectivity index is 0.000000183. The summed E-state index contributed by atoms with van der Waals surface area (Å²) in [5.74, 6) is 0. The van der Waals surface area contributed by atoms with E-state index in [1.54, 1.807) is 11.1 Å². The number of hydrogen-bond acceptors (Lipinski definition) is 0. The maximum Gasteiger partial charge on any atom is 0.00751 e. The van der Waals surface area contributed by atoms with Gasteiger partial charge in [-0.3, -0.25) is 0 Å². The Kier molecular flexibility index (Phi) is 19.3. The first-order valence-corrected chi connectivity index (χ1v) is 34.8. The highest BCUT2D eigenvalue weighted by atomic mass is 31.1. The number of unbranched alkanes of at least 4 members (excludes halogenated alkanes) is 16. The second-order valence-electron chi connectivity index (χ2n) is 24.1. The Morgan fingerprint density at radius 2 is 0.588 bits per heavy atom. The van der Waals surface area contributed by atoms with E-state index in [-0.39, 0.29) is 0 Å². The van der Waals surface area contributed by atoms with Crippen LogP contribution in [0.5, 0.6) is 0 Å². The van der Waals surface area contributed by atoms with Gasteiger partial charge in [-0.1, -0.05) is 279 Å². The fraction of sp³-hybridized carbons (Fsp3) is 0.385. The number of fused-ring (bicyclic) bond motifs is 12. The Morgan fingerprint density at radius 1 is 0.263 bits per heavy atom. The van der Waals surface area contributed by atoms with Gasteiger partial charge in [-0.05, 0) is 187 Å². The molecule has 0 fully saturated rings. The highest BCUT2D eigenvalue weighted by Crippen LogP contribution is 2.61. The molecule has 2 aromatic heterocycles. The van der Waals surface area contributed by atoms with E-state index in [9.17, 15) is 0 Å². The van der Waals surface area contributed by atoms with Crippen molar-refractivity contribution in [1.29, 1.82) is 0 Å². The van der Waals surface area contributed by atoms with E-state index in [1.807, 2.05) is 0 Å². The molecule has 12 rings (SSSR count). The summed E-state index contributed by atoms with van der Waals surface area (Å²) in [5, 5.41) is 14.9. The molecule has 2 atom stereocenters. The summed E-state index contributed by atoms with van der Waals surface area (Å²) in [5.41, 5.74) is 18.1. The van der Waals surface area contributed by atoms with Crippen LogP contribution < -0.4 is 0 Å². The second-order valence-corrected chi connectivity index (χ2v) is 28.4. The van der Waals surface area contributed by atoms with Gasteiger partial charge in [0.2, 0.25) is 0 Å². The molecule has 2 heterocycles. The Bertz CT molecular complexity index is 3410. The molecule has 0 nitrogen and oxygen atoms in total. The average molecular weight is 1090 g/mol. The van der Waals surface area contributed by atoms with Crippen molar-refractivity contribution in [2.24, 2.45) is 0 Å². The van der Waals surface area contributed by atoms with E-state index in [1.165, 1.54) is 262 Å². The summed E-state index contributed by atoms with van der Waals surface area (Å²) >= 11 is 0. The molecule has 0 amide bonds. The van der Waals surface area contributed by atoms with Crippen LogP contribution in [0.25, 0.3) is 74.9 Å². The maximum absolute atomic E-state index is 2.61. The van der Waals surface area contributed by atoms with Gasteiger partial charge in [0, 0.05) is 20.5 Å². The lowest BCUT2D eigenvalue weighted by atomic mass is 9.97. The summed E-state index contributed by atoms with van der Waals surface area (Å²) in [6, 6.07) is 62.8. The van der Waals surface area contributed by atoms with Gasteiger partial charge in [-0.15, -0.1) is 0 Å². The highest BCUT2D eigenvalue weighted by molar-refractivity contribution is 7.69. The summed E-state index contributed by atoms with van der Waals surface area (Å²) in [6.07, 6.45) is 34.1. The Hall–Kier alpha value is -5.64. The summed E-state index contributed by atoms with van der Waals surface area (Å²) in [6.45, 7) is 9.17. The van der Waals surface area contributed by atoms with Crippen molar-refractivity contribution < 1.29 is 0 Å². The lowest BCUT2D eigenvalue weighted by molar-refractivity contribution is 0.607. The summed E-state index contributed by atoms with van der Waals surface area (Å²) < 4.78 is 0. The first-order valence-electron chi connectivity index (χ1n) is 32.1. The largest absolute Gasteiger partial charge is 0.0772 e. The zero-order valence-corrected chi connectivity index (χ0v) is 51.1. The molecule has 0 saturated heterocycles. The lowest BCUT2D eigenvalue weighted by Crippen LogP contribution is -1.89.